The van der Waals surface area contributed by atoms with Crippen molar-refractivity contribution in [3.8, 4) is 23.0 Å². The number of hydrogen-bond donors (Lipinski definition) is 2. The molecule has 2 N–H and O–H groups in total. The molecule has 116 valence electrons. The molecule has 8 nitrogen and oxygen atoms in total. The Bertz CT molecular complexity index is 665. The molecule has 0 aromatic heterocycles. The zero-order valence-corrected chi connectivity index (χ0v) is 10.8. The molecule has 0 aliphatic carbocycles. The van der Waals surface area contributed by atoms with E-state index in [0.717, 1.165) is 12.1 Å². The molecular weight excluding hydrogens is 296 g/mol. The van der Waals surface area contributed by atoms with Crippen LogP contribution in [0.1, 0.15) is 11.1 Å². The molecule has 0 amide bonds. The van der Waals surface area contributed by atoms with Crippen LogP contribution >= 0.6 is 0 Å². The van der Waals surface area contributed by atoms with Crippen molar-refractivity contribution in [2.24, 2.45) is 0 Å². The van der Waals surface area contributed by atoms with Crippen LogP contribution in [0.15, 0.2) is 36.4 Å². The molecule has 0 spiro atoms. The van der Waals surface area contributed by atoms with Gasteiger partial charge in [0.05, 0.1) is 0 Å². The Hall–Kier alpha value is -2.20. The van der Waals surface area contributed by atoms with Crippen molar-refractivity contribution in [2.45, 2.75) is 11.9 Å². The molecule has 22 heavy (non-hydrogen) atoms. The highest BCUT2D eigenvalue weighted by molar-refractivity contribution is 5.60. The van der Waals surface area contributed by atoms with E-state index in [-0.39, 0.29) is 11.5 Å². The summed E-state index contributed by atoms with van der Waals surface area (Å²) in [6, 6.07) is 7.36. The first kappa shape index (κ1) is 14.7. The first-order chi connectivity index (χ1) is 10.2. The second-order valence-corrected chi connectivity index (χ2v) is 4.63. The van der Waals surface area contributed by atoms with Crippen LogP contribution in [0.25, 0.3) is 0 Å². The van der Waals surface area contributed by atoms with Crippen molar-refractivity contribution in [3.05, 3.63) is 47.5 Å². The standard InChI is InChI=1S/C14H8O8/c15-13(16,17)7-3-1-5-9-11(7)22-12-8(14(18,19)20)4-2-6-10(12)21-9/h1-6,15,18H/q-4. The Balaban J connectivity index is 2.17. The summed E-state index contributed by atoms with van der Waals surface area (Å²) in [5.41, 5.74) is -1.35. The lowest BCUT2D eigenvalue weighted by Gasteiger charge is -2.45. The van der Waals surface area contributed by atoms with Gasteiger partial charge < -0.3 is 40.1 Å². The number of fused-ring (bicyclic) bond motifs is 2. The molecule has 0 saturated carbocycles. The van der Waals surface area contributed by atoms with Gasteiger partial charge in [-0.1, -0.05) is 36.2 Å². The van der Waals surface area contributed by atoms with E-state index in [1.807, 2.05) is 0 Å². The minimum atomic E-state index is -3.72. The molecule has 0 saturated heterocycles. The molecule has 2 aromatic carbocycles. The van der Waals surface area contributed by atoms with Crippen LogP contribution in [0.5, 0.6) is 23.0 Å². The predicted octanol–water partition coefficient (Wildman–Crippen LogP) is -2.77. The van der Waals surface area contributed by atoms with Gasteiger partial charge in [-0.15, -0.1) is 0 Å². The second kappa shape index (κ2) is 4.65. The predicted molar refractivity (Wildman–Crippen MR) is 60.8 cm³/mol. The molecule has 0 radical (unpaired) electrons. The molecule has 3 rings (SSSR count). The van der Waals surface area contributed by atoms with Crippen molar-refractivity contribution in [3.63, 3.8) is 0 Å². The summed E-state index contributed by atoms with van der Waals surface area (Å²) in [5, 5.41) is 63.3. The Morgan fingerprint density at radius 2 is 1.09 bits per heavy atom. The Morgan fingerprint density at radius 1 is 0.682 bits per heavy atom. The van der Waals surface area contributed by atoms with E-state index < -0.39 is 34.6 Å². The van der Waals surface area contributed by atoms with Crippen molar-refractivity contribution < 1.29 is 40.1 Å². The van der Waals surface area contributed by atoms with Crippen molar-refractivity contribution in [2.75, 3.05) is 0 Å². The van der Waals surface area contributed by atoms with Crippen LogP contribution in [-0.4, -0.2) is 10.2 Å². The van der Waals surface area contributed by atoms with Gasteiger partial charge in [-0.2, -0.15) is 0 Å². The smallest absolute Gasteiger partial charge is 0.173 e. The van der Waals surface area contributed by atoms with Crippen LogP contribution in [-0.2, 0) is 11.9 Å². The maximum Gasteiger partial charge on any atom is 0.173 e. The molecular formula is C14H8O8-4. The Morgan fingerprint density at radius 3 is 1.45 bits per heavy atom. The monoisotopic (exact) mass is 304 g/mol. The van der Waals surface area contributed by atoms with Crippen molar-refractivity contribution in [1.82, 2.24) is 0 Å². The van der Waals surface area contributed by atoms with Gasteiger partial charge in [-0.25, -0.2) is 0 Å². The molecule has 8 heteroatoms. The summed E-state index contributed by atoms with van der Waals surface area (Å²) in [7, 11) is 0. The fourth-order valence-electron chi connectivity index (χ4n) is 2.12. The first-order valence-corrected chi connectivity index (χ1v) is 6.07. The van der Waals surface area contributed by atoms with E-state index >= 15 is 0 Å². The molecule has 1 aliphatic heterocycles. The number of benzene rings is 2. The van der Waals surface area contributed by atoms with Crippen LogP contribution < -0.4 is 29.9 Å². The Labute approximate surface area is 123 Å². The lowest BCUT2D eigenvalue weighted by Crippen LogP contribution is -2.53. The highest BCUT2D eigenvalue weighted by Gasteiger charge is 2.26. The summed E-state index contributed by atoms with van der Waals surface area (Å²) >= 11 is 0. The normalized spacial score (nSPS) is 13.7. The molecule has 0 atom stereocenters. The number of aliphatic hydroxyl groups is 2. The quantitative estimate of drug-likeness (QED) is 0.483. The van der Waals surface area contributed by atoms with E-state index in [2.05, 4.69) is 0 Å². The molecule has 0 unspecified atom stereocenters. The van der Waals surface area contributed by atoms with Gasteiger partial charge in [0.2, 0.25) is 0 Å². The zero-order valence-electron chi connectivity index (χ0n) is 10.8. The lowest BCUT2D eigenvalue weighted by molar-refractivity contribution is -0.797. The molecule has 1 aliphatic rings. The zero-order chi connectivity index (χ0) is 16.1. The van der Waals surface area contributed by atoms with Gasteiger partial charge in [-0.3, -0.25) is 0 Å². The van der Waals surface area contributed by atoms with Crippen LogP contribution in [0.3, 0.4) is 0 Å². The van der Waals surface area contributed by atoms with E-state index in [4.69, 9.17) is 19.7 Å². The topological polar surface area (TPSA) is 151 Å². The largest absolute Gasteiger partial charge is 0.839 e. The summed E-state index contributed by atoms with van der Waals surface area (Å²) < 4.78 is 10.6. The van der Waals surface area contributed by atoms with Crippen LogP contribution in [0, 0.1) is 0 Å². The highest BCUT2D eigenvalue weighted by Crippen LogP contribution is 2.49. The SMILES string of the molecule is [O-]C([O-])(O)c1cccc2c1Oc1c(cccc1C([O-])([O-])O)O2. The third-order valence-electron chi connectivity index (χ3n) is 3.06. The Kier molecular flexibility index (Phi) is 3.11. The number of ether oxygens (including phenoxy) is 2. The van der Waals surface area contributed by atoms with Gasteiger partial charge >= 0.3 is 0 Å². The second-order valence-electron chi connectivity index (χ2n) is 4.63. The number of para-hydroxylation sites is 2. The van der Waals surface area contributed by atoms with Crippen molar-refractivity contribution >= 4 is 0 Å². The summed E-state index contributed by atoms with van der Waals surface area (Å²) in [6.45, 7) is 0. The lowest BCUT2D eigenvalue weighted by atomic mass is 10.1. The van der Waals surface area contributed by atoms with Gasteiger partial charge in [0, 0.05) is 0 Å². The maximum absolute atomic E-state index is 11.3. The van der Waals surface area contributed by atoms with Crippen molar-refractivity contribution in [1.29, 1.82) is 0 Å². The summed E-state index contributed by atoms with van der Waals surface area (Å²) in [5.74, 6) is -8.36. The highest BCUT2D eigenvalue weighted by atomic mass is 16.7. The van der Waals surface area contributed by atoms with Crippen LogP contribution in [0.2, 0.25) is 0 Å². The van der Waals surface area contributed by atoms with E-state index in [1.165, 1.54) is 24.3 Å². The first-order valence-electron chi connectivity index (χ1n) is 6.07. The third kappa shape index (κ3) is 2.40. The third-order valence-corrected chi connectivity index (χ3v) is 3.06. The fraction of sp³-hybridized carbons (Fsp3) is 0.143. The van der Waals surface area contributed by atoms with Gasteiger partial charge in [-0.05, 0) is 23.3 Å². The summed E-state index contributed by atoms with van der Waals surface area (Å²) in [6.07, 6.45) is 0. The van der Waals surface area contributed by atoms with Gasteiger partial charge in [0.25, 0.3) is 0 Å². The molecule has 2 aromatic rings. The molecule has 0 fully saturated rings. The van der Waals surface area contributed by atoms with E-state index in [9.17, 15) is 20.4 Å². The van der Waals surface area contributed by atoms with E-state index in [0.29, 0.717) is 0 Å². The maximum atomic E-state index is 11.3. The fourth-order valence-corrected chi connectivity index (χ4v) is 2.12. The minimum Gasteiger partial charge on any atom is -0.839 e. The molecule has 1 heterocycles. The van der Waals surface area contributed by atoms with Crippen LogP contribution in [0.4, 0.5) is 0 Å². The van der Waals surface area contributed by atoms with E-state index in [1.54, 1.807) is 0 Å². The average molecular weight is 304 g/mol. The minimum absolute atomic E-state index is 0.0485. The summed E-state index contributed by atoms with van der Waals surface area (Å²) in [4.78, 5) is 0. The van der Waals surface area contributed by atoms with Gasteiger partial charge in [0.15, 0.2) is 23.0 Å². The number of rotatable bonds is 2. The number of hydrogen-bond acceptors (Lipinski definition) is 8. The van der Waals surface area contributed by atoms with Gasteiger partial charge in [0.1, 0.15) is 0 Å². The average Bonchev–Trinajstić information content (AvgIpc) is 2.41. The molecule has 0 bridgehead atoms.